The molecule has 6 nitrogen and oxygen atoms in total. The average molecular weight is 421 g/mol. The Balaban J connectivity index is 1.31. The summed E-state index contributed by atoms with van der Waals surface area (Å²) in [5, 5.41) is 8.02. The fourth-order valence-corrected chi connectivity index (χ4v) is 3.89. The van der Waals surface area contributed by atoms with E-state index >= 15 is 0 Å². The lowest BCUT2D eigenvalue weighted by molar-refractivity contribution is -0.0755. The second-order valence-electron chi connectivity index (χ2n) is 8.81. The van der Waals surface area contributed by atoms with E-state index in [4.69, 9.17) is 9.26 Å². The molecule has 1 aliphatic rings. The van der Waals surface area contributed by atoms with Gasteiger partial charge in [0.05, 0.1) is 31.0 Å². The maximum atomic E-state index is 5.62. The van der Waals surface area contributed by atoms with E-state index in [9.17, 15) is 0 Å². The van der Waals surface area contributed by atoms with Crippen molar-refractivity contribution in [3.8, 4) is 0 Å². The van der Waals surface area contributed by atoms with Crippen molar-refractivity contribution < 1.29 is 9.26 Å². The molecular formula is C25H32N4O2. The summed E-state index contributed by atoms with van der Waals surface area (Å²) >= 11 is 0. The summed E-state index contributed by atoms with van der Waals surface area (Å²) in [6.45, 7) is 3.80. The number of aromatic nitrogens is 1. The average Bonchev–Trinajstić information content (AvgIpc) is 3.17. The number of ether oxygens (including phenoxy) is 1. The molecule has 0 aliphatic carbocycles. The Morgan fingerprint density at radius 1 is 0.935 bits per heavy atom. The highest BCUT2D eigenvalue weighted by Gasteiger charge is 2.39. The van der Waals surface area contributed by atoms with Gasteiger partial charge in [-0.3, -0.25) is 4.90 Å². The van der Waals surface area contributed by atoms with Crippen molar-refractivity contribution in [1.29, 1.82) is 0 Å². The first-order valence-corrected chi connectivity index (χ1v) is 10.8. The van der Waals surface area contributed by atoms with E-state index in [2.05, 4.69) is 96.0 Å². The second-order valence-corrected chi connectivity index (χ2v) is 8.81. The molecule has 1 saturated heterocycles. The van der Waals surface area contributed by atoms with Crippen LogP contribution < -0.4 is 10.2 Å². The molecule has 31 heavy (non-hydrogen) atoms. The number of benzene rings is 2. The number of nitrogens with one attached hydrogen (secondary N) is 1. The van der Waals surface area contributed by atoms with Gasteiger partial charge in [-0.25, -0.2) is 0 Å². The largest absolute Gasteiger partial charge is 0.378 e. The Bertz CT molecular complexity index is 949. The fraction of sp³-hybridized carbons (Fsp3) is 0.400. The third-order valence-electron chi connectivity index (χ3n) is 5.73. The fourth-order valence-electron chi connectivity index (χ4n) is 3.89. The Labute approximate surface area is 184 Å². The first-order valence-electron chi connectivity index (χ1n) is 10.8. The van der Waals surface area contributed by atoms with Gasteiger partial charge in [-0.15, -0.1) is 0 Å². The molecule has 4 rings (SSSR count). The van der Waals surface area contributed by atoms with Crippen LogP contribution in [0.15, 0.2) is 65.2 Å². The lowest BCUT2D eigenvalue weighted by Gasteiger charge is -2.42. The Morgan fingerprint density at radius 3 is 2.32 bits per heavy atom. The van der Waals surface area contributed by atoms with Gasteiger partial charge in [-0.2, -0.15) is 0 Å². The Morgan fingerprint density at radius 2 is 1.68 bits per heavy atom. The maximum absolute atomic E-state index is 5.62. The van der Waals surface area contributed by atoms with Crippen LogP contribution in [0.3, 0.4) is 0 Å². The van der Waals surface area contributed by atoms with Crippen molar-refractivity contribution in [3.63, 3.8) is 0 Å². The first-order chi connectivity index (χ1) is 15.0. The van der Waals surface area contributed by atoms with E-state index in [1.165, 1.54) is 16.8 Å². The lowest BCUT2D eigenvalue weighted by Crippen LogP contribution is -2.61. The quantitative estimate of drug-likeness (QED) is 0.542. The van der Waals surface area contributed by atoms with Gasteiger partial charge in [0.2, 0.25) is 0 Å². The SMILES string of the molecule is CN(Cc1ccccc1)Cc1cc(CC2(NCc3ccc(N(C)C)cc3)COC2)no1. The zero-order chi connectivity index (χ0) is 21.7. The van der Waals surface area contributed by atoms with E-state index in [0.717, 1.165) is 37.5 Å². The number of rotatable bonds is 10. The summed E-state index contributed by atoms with van der Waals surface area (Å²) in [6, 6.07) is 21.2. The standard InChI is InChI=1S/C25H32N4O2/c1-28(2)23-11-9-20(10-12-23)15-26-25(18-30-19-25)14-22-13-24(31-27-22)17-29(3)16-21-7-5-4-6-8-21/h4-13,26H,14-19H2,1-3H3. The van der Waals surface area contributed by atoms with Crippen LogP contribution in [0.1, 0.15) is 22.6 Å². The number of anilines is 1. The van der Waals surface area contributed by atoms with Gasteiger partial charge in [0.25, 0.3) is 0 Å². The molecule has 1 aromatic heterocycles. The third-order valence-corrected chi connectivity index (χ3v) is 5.73. The zero-order valence-electron chi connectivity index (χ0n) is 18.7. The van der Waals surface area contributed by atoms with Crippen LogP contribution in [0.2, 0.25) is 0 Å². The Hall–Kier alpha value is -2.67. The molecule has 2 heterocycles. The molecule has 2 aromatic carbocycles. The van der Waals surface area contributed by atoms with Crippen LogP contribution in [-0.2, 0) is 30.8 Å². The molecule has 0 radical (unpaired) electrons. The molecule has 3 aromatic rings. The van der Waals surface area contributed by atoms with Crippen LogP contribution in [0.4, 0.5) is 5.69 Å². The molecule has 0 bridgehead atoms. The van der Waals surface area contributed by atoms with Crippen LogP contribution in [0.5, 0.6) is 0 Å². The van der Waals surface area contributed by atoms with E-state index in [0.29, 0.717) is 13.2 Å². The summed E-state index contributed by atoms with van der Waals surface area (Å²) < 4.78 is 11.2. The van der Waals surface area contributed by atoms with Crippen LogP contribution >= 0.6 is 0 Å². The van der Waals surface area contributed by atoms with Crippen molar-refractivity contribution in [2.24, 2.45) is 0 Å². The van der Waals surface area contributed by atoms with E-state index in [-0.39, 0.29) is 5.54 Å². The molecule has 0 atom stereocenters. The third kappa shape index (κ3) is 5.73. The highest BCUT2D eigenvalue weighted by molar-refractivity contribution is 5.46. The normalized spacial score (nSPS) is 15.1. The van der Waals surface area contributed by atoms with Crippen LogP contribution in [0, 0.1) is 0 Å². The maximum Gasteiger partial charge on any atom is 0.150 e. The lowest BCUT2D eigenvalue weighted by atomic mass is 9.91. The molecular weight excluding hydrogens is 388 g/mol. The molecule has 0 unspecified atom stereocenters. The topological polar surface area (TPSA) is 53.8 Å². The summed E-state index contributed by atoms with van der Waals surface area (Å²) in [5.74, 6) is 0.892. The van der Waals surface area contributed by atoms with Crippen molar-refractivity contribution >= 4 is 5.69 Å². The predicted octanol–water partition coefficient (Wildman–Crippen LogP) is 3.47. The van der Waals surface area contributed by atoms with Crippen LogP contribution in [0.25, 0.3) is 0 Å². The summed E-state index contributed by atoms with van der Waals surface area (Å²) in [4.78, 5) is 4.34. The van der Waals surface area contributed by atoms with E-state index < -0.39 is 0 Å². The van der Waals surface area contributed by atoms with Crippen molar-refractivity contribution in [2.75, 3.05) is 39.3 Å². The van der Waals surface area contributed by atoms with E-state index in [1.807, 2.05) is 6.07 Å². The van der Waals surface area contributed by atoms with Crippen LogP contribution in [-0.4, -0.2) is 50.0 Å². The minimum atomic E-state index is -0.0791. The molecule has 1 aliphatic heterocycles. The molecule has 6 heteroatoms. The smallest absolute Gasteiger partial charge is 0.150 e. The molecule has 1 N–H and O–H groups in total. The van der Waals surface area contributed by atoms with Gasteiger partial charge in [-0.05, 0) is 30.3 Å². The van der Waals surface area contributed by atoms with Crippen molar-refractivity contribution in [1.82, 2.24) is 15.4 Å². The van der Waals surface area contributed by atoms with Crippen molar-refractivity contribution in [2.45, 2.75) is 31.6 Å². The van der Waals surface area contributed by atoms with Gasteiger partial charge >= 0.3 is 0 Å². The minimum Gasteiger partial charge on any atom is -0.378 e. The summed E-state index contributed by atoms with van der Waals surface area (Å²) in [7, 11) is 6.21. The highest BCUT2D eigenvalue weighted by Crippen LogP contribution is 2.24. The molecule has 1 fully saturated rings. The van der Waals surface area contributed by atoms with Gasteiger partial charge in [-0.1, -0.05) is 47.6 Å². The number of hydrogen-bond acceptors (Lipinski definition) is 6. The highest BCUT2D eigenvalue weighted by atomic mass is 16.5. The second kappa shape index (κ2) is 9.64. The number of hydrogen-bond donors (Lipinski definition) is 1. The molecule has 0 amide bonds. The Kier molecular flexibility index (Phi) is 6.70. The van der Waals surface area contributed by atoms with Gasteiger partial charge in [0.15, 0.2) is 5.76 Å². The molecule has 164 valence electrons. The first kappa shape index (κ1) is 21.6. The van der Waals surface area contributed by atoms with E-state index in [1.54, 1.807) is 0 Å². The summed E-state index contributed by atoms with van der Waals surface area (Å²) in [6.07, 6.45) is 0.800. The minimum absolute atomic E-state index is 0.0791. The number of nitrogens with zero attached hydrogens (tertiary/aromatic N) is 3. The molecule has 0 saturated carbocycles. The summed E-state index contributed by atoms with van der Waals surface area (Å²) in [5.41, 5.74) is 4.66. The molecule has 0 spiro atoms. The van der Waals surface area contributed by atoms with Gasteiger partial charge < -0.3 is 19.5 Å². The monoisotopic (exact) mass is 420 g/mol. The van der Waals surface area contributed by atoms with Gasteiger partial charge in [0.1, 0.15) is 0 Å². The predicted molar refractivity (Wildman–Crippen MR) is 123 cm³/mol. The zero-order valence-corrected chi connectivity index (χ0v) is 18.7. The van der Waals surface area contributed by atoms with Gasteiger partial charge in [0, 0.05) is 45.4 Å². The van der Waals surface area contributed by atoms with Crippen molar-refractivity contribution in [3.05, 3.63) is 83.2 Å².